The minimum Gasteiger partial charge on any atom is -0.443 e. The first-order valence-electron chi connectivity index (χ1n) is 11.1. The van der Waals surface area contributed by atoms with Crippen molar-refractivity contribution in [2.24, 2.45) is 0 Å². The number of carbonyl (C=O) groups excluding carboxylic acids is 1. The molecule has 0 saturated carbocycles. The summed E-state index contributed by atoms with van der Waals surface area (Å²) >= 11 is 0. The molecule has 0 spiro atoms. The molecule has 1 amide bonds. The SMILES string of the molecule is CCCCN(C(=O)OC(C)(C)C)c1ccc([C@@H]2CCCN2Cc2ccccc2)cn1. The zero-order chi connectivity index (χ0) is 21.6. The normalized spacial score (nSPS) is 17.1. The van der Waals surface area contributed by atoms with Gasteiger partial charge in [0.05, 0.1) is 0 Å². The van der Waals surface area contributed by atoms with Gasteiger partial charge in [-0.05, 0) is 63.8 Å². The number of aromatic nitrogens is 1. The van der Waals surface area contributed by atoms with Crippen LogP contribution in [0.4, 0.5) is 10.6 Å². The van der Waals surface area contributed by atoms with Crippen LogP contribution >= 0.6 is 0 Å². The summed E-state index contributed by atoms with van der Waals surface area (Å²) < 4.78 is 5.60. The highest BCUT2D eigenvalue weighted by molar-refractivity contribution is 5.86. The number of amides is 1. The first-order valence-corrected chi connectivity index (χ1v) is 11.1. The summed E-state index contributed by atoms with van der Waals surface area (Å²) in [7, 11) is 0. The van der Waals surface area contributed by atoms with Gasteiger partial charge in [0.15, 0.2) is 0 Å². The van der Waals surface area contributed by atoms with Crippen LogP contribution in [0, 0.1) is 0 Å². The highest BCUT2D eigenvalue weighted by Crippen LogP contribution is 2.33. The van der Waals surface area contributed by atoms with E-state index in [2.05, 4.69) is 53.2 Å². The number of ether oxygens (including phenoxy) is 1. The number of pyridine rings is 1. The summed E-state index contributed by atoms with van der Waals surface area (Å²) in [6, 6.07) is 15.1. The Hall–Kier alpha value is -2.40. The average molecular weight is 410 g/mol. The molecule has 1 aliphatic heterocycles. The van der Waals surface area contributed by atoms with Crippen molar-refractivity contribution in [2.45, 2.75) is 71.6 Å². The molecule has 0 unspecified atom stereocenters. The van der Waals surface area contributed by atoms with Crippen LogP contribution in [0.15, 0.2) is 48.7 Å². The van der Waals surface area contributed by atoms with Gasteiger partial charge in [0.2, 0.25) is 0 Å². The van der Waals surface area contributed by atoms with Crippen molar-refractivity contribution in [1.82, 2.24) is 9.88 Å². The van der Waals surface area contributed by atoms with Gasteiger partial charge in [-0.3, -0.25) is 9.80 Å². The molecule has 1 aromatic carbocycles. The van der Waals surface area contributed by atoms with E-state index < -0.39 is 5.60 Å². The van der Waals surface area contributed by atoms with E-state index >= 15 is 0 Å². The predicted molar refractivity (Wildman–Crippen MR) is 122 cm³/mol. The molecule has 1 aromatic heterocycles. The second-order valence-corrected chi connectivity index (χ2v) is 9.05. The van der Waals surface area contributed by atoms with Crippen LogP contribution in [-0.2, 0) is 11.3 Å². The van der Waals surface area contributed by atoms with Crippen molar-refractivity contribution in [3.8, 4) is 0 Å². The molecule has 1 fully saturated rings. The summed E-state index contributed by atoms with van der Waals surface area (Å²) in [5.74, 6) is 0.661. The van der Waals surface area contributed by atoms with Crippen molar-refractivity contribution >= 4 is 11.9 Å². The molecule has 3 rings (SSSR count). The van der Waals surface area contributed by atoms with Crippen LogP contribution in [-0.4, -0.2) is 34.7 Å². The number of unbranched alkanes of at least 4 members (excludes halogenated alkanes) is 1. The third kappa shape index (κ3) is 6.05. The number of hydrogen-bond acceptors (Lipinski definition) is 4. The third-order valence-electron chi connectivity index (χ3n) is 5.37. The van der Waals surface area contributed by atoms with Crippen molar-refractivity contribution in [1.29, 1.82) is 0 Å². The van der Waals surface area contributed by atoms with Crippen molar-refractivity contribution in [3.63, 3.8) is 0 Å². The second kappa shape index (κ2) is 10.1. The lowest BCUT2D eigenvalue weighted by molar-refractivity contribution is 0.0578. The van der Waals surface area contributed by atoms with E-state index in [4.69, 9.17) is 4.74 Å². The molecule has 30 heavy (non-hydrogen) atoms. The summed E-state index contributed by atoms with van der Waals surface area (Å²) in [6.45, 7) is 10.4. The molecular weight excluding hydrogens is 374 g/mol. The number of nitrogens with zero attached hydrogens (tertiary/aromatic N) is 3. The Bertz CT molecular complexity index is 799. The Morgan fingerprint density at radius 3 is 2.60 bits per heavy atom. The molecule has 1 aliphatic rings. The highest BCUT2D eigenvalue weighted by atomic mass is 16.6. The monoisotopic (exact) mass is 409 g/mol. The average Bonchev–Trinajstić information content (AvgIpc) is 3.16. The molecule has 5 heteroatoms. The van der Waals surface area contributed by atoms with Gasteiger partial charge in [-0.2, -0.15) is 0 Å². The number of carbonyl (C=O) groups is 1. The van der Waals surface area contributed by atoms with E-state index in [1.54, 1.807) is 4.90 Å². The Morgan fingerprint density at radius 1 is 1.20 bits per heavy atom. The van der Waals surface area contributed by atoms with E-state index in [9.17, 15) is 4.79 Å². The molecular formula is C25H35N3O2. The Morgan fingerprint density at radius 2 is 1.97 bits per heavy atom. The summed E-state index contributed by atoms with van der Waals surface area (Å²) in [5.41, 5.74) is 2.03. The lowest BCUT2D eigenvalue weighted by atomic mass is 10.1. The van der Waals surface area contributed by atoms with Crippen LogP contribution in [0.2, 0.25) is 0 Å². The van der Waals surface area contributed by atoms with Gasteiger partial charge in [-0.25, -0.2) is 9.78 Å². The lowest BCUT2D eigenvalue weighted by Gasteiger charge is -2.28. The van der Waals surface area contributed by atoms with E-state index in [1.807, 2.05) is 33.0 Å². The first-order chi connectivity index (χ1) is 14.4. The van der Waals surface area contributed by atoms with Gasteiger partial charge in [-0.15, -0.1) is 0 Å². The maximum Gasteiger partial charge on any atom is 0.416 e. The number of likely N-dealkylation sites (tertiary alicyclic amines) is 1. The molecule has 1 saturated heterocycles. The molecule has 1 atom stereocenters. The largest absolute Gasteiger partial charge is 0.443 e. The molecule has 2 aromatic rings. The maximum atomic E-state index is 12.7. The van der Waals surface area contributed by atoms with Crippen LogP contribution in [0.1, 0.15) is 70.5 Å². The standard InChI is InChI=1S/C25H35N3O2/c1-5-6-17-28(24(29)30-25(2,3)4)23-15-14-21(18-26-23)22-13-10-16-27(22)19-20-11-8-7-9-12-20/h7-9,11-12,14-15,18,22H,5-6,10,13,16-17,19H2,1-4H3/t22-/m0/s1. The number of anilines is 1. The highest BCUT2D eigenvalue weighted by Gasteiger charge is 2.27. The van der Waals surface area contributed by atoms with Gasteiger partial charge in [0.1, 0.15) is 11.4 Å². The summed E-state index contributed by atoms with van der Waals surface area (Å²) in [4.78, 5) is 21.6. The van der Waals surface area contributed by atoms with E-state index in [0.29, 0.717) is 18.4 Å². The van der Waals surface area contributed by atoms with E-state index in [1.165, 1.54) is 17.5 Å². The second-order valence-electron chi connectivity index (χ2n) is 9.05. The number of rotatable bonds is 7. The number of hydrogen-bond donors (Lipinski definition) is 0. The molecule has 5 nitrogen and oxygen atoms in total. The third-order valence-corrected chi connectivity index (χ3v) is 5.37. The quantitative estimate of drug-likeness (QED) is 0.566. The minimum absolute atomic E-state index is 0.331. The molecule has 2 heterocycles. The van der Waals surface area contributed by atoms with Crippen LogP contribution in [0.3, 0.4) is 0 Å². The van der Waals surface area contributed by atoms with E-state index in [0.717, 1.165) is 32.4 Å². The zero-order valence-electron chi connectivity index (χ0n) is 18.8. The maximum absolute atomic E-state index is 12.7. The van der Waals surface area contributed by atoms with Crippen LogP contribution in [0.5, 0.6) is 0 Å². The molecule has 162 valence electrons. The minimum atomic E-state index is -0.525. The topological polar surface area (TPSA) is 45.7 Å². The van der Waals surface area contributed by atoms with Crippen molar-refractivity contribution in [2.75, 3.05) is 18.0 Å². The lowest BCUT2D eigenvalue weighted by Crippen LogP contribution is -2.38. The van der Waals surface area contributed by atoms with Gasteiger partial charge in [0.25, 0.3) is 0 Å². The Balaban J connectivity index is 1.73. The fourth-order valence-corrected chi connectivity index (χ4v) is 3.90. The van der Waals surface area contributed by atoms with Crippen LogP contribution in [0.25, 0.3) is 0 Å². The van der Waals surface area contributed by atoms with E-state index in [-0.39, 0.29) is 6.09 Å². The fraction of sp³-hybridized carbons (Fsp3) is 0.520. The Labute approximate surface area is 181 Å². The van der Waals surface area contributed by atoms with Crippen LogP contribution < -0.4 is 4.90 Å². The number of benzene rings is 1. The molecule has 0 aliphatic carbocycles. The van der Waals surface area contributed by atoms with Gasteiger partial charge in [-0.1, -0.05) is 49.7 Å². The van der Waals surface area contributed by atoms with Crippen molar-refractivity contribution < 1.29 is 9.53 Å². The first kappa shape index (κ1) is 22.3. The van der Waals surface area contributed by atoms with Gasteiger partial charge >= 0.3 is 6.09 Å². The molecule has 0 bridgehead atoms. The smallest absolute Gasteiger partial charge is 0.416 e. The Kier molecular flexibility index (Phi) is 7.48. The summed E-state index contributed by atoms with van der Waals surface area (Å²) in [5, 5.41) is 0. The molecule has 0 radical (unpaired) electrons. The predicted octanol–water partition coefficient (Wildman–Crippen LogP) is 5.96. The van der Waals surface area contributed by atoms with Gasteiger partial charge < -0.3 is 4.74 Å². The zero-order valence-corrected chi connectivity index (χ0v) is 18.8. The molecule has 0 N–H and O–H groups in total. The summed E-state index contributed by atoms with van der Waals surface area (Å²) in [6.07, 6.45) is 5.86. The van der Waals surface area contributed by atoms with Crippen molar-refractivity contribution in [3.05, 3.63) is 59.8 Å². The fourth-order valence-electron chi connectivity index (χ4n) is 3.90. The van der Waals surface area contributed by atoms with Gasteiger partial charge in [0, 0.05) is 25.3 Å².